The van der Waals surface area contributed by atoms with Crippen LogP contribution >= 0.6 is 11.3 Å². The number of esters is 1. The van der Waals surface area contributed by atoms with Gasteiger partial charge in [-0.2, -0.15) is 0 Å². The predicted molar refractivity (Wildman–Crippen MR) is 90.1 cm³/mol. The average Bonchev–Trinajstić information content (AvgIpc) is 3.28. The monoisotopic (exact) mass is 343 g/mol. The largest absolute Gasteiger partial charge is 0.488 e. The zero-order valence-electron chi connectivity index (χ0n) is 13.2. The van der Waals surface area contributed by atoms with Crippen LogP contribution in [0.5, 0.6) is 5.75 Å². The molecule has 1 aliphatic carbocycles. The number of nitrogens with one attached hydrogen (secondary N) is 1. The summed E-state index contributed by atoms with van der Waals surface area (Å²) in [4.78, 5) is 25.8. The zero-order valence-corrected chi connectivity index (χ0v) is 14.0. The van der Waals surface area contributed by atoms with Crippen LogP contribution in [0.4, 0.5) is 0 Å². The van der Waals surface area contributed by atoms with Crippen LogP contribution in [0, 0.1) is 0 Å². The number of carbonyl (C=O) groups excluding carboxylic acids is 2. The number of rotatable bonds is 4. The second-order valence-corrected chi connectivity index (χ2v) is 7.13. The lowest BCUT2D eigenvalue weighted by molar-refractivity contribution is -0.129. The van der Waals surface area contributed by atoms with Crippen molar-refractivity contribution in [2.45, 2.75) is 38.5 Å². The summed E-state index contributed by atoms with van der Waals surface area (Å²) in [6.07, 6.45) is 1.22. The number of benzene rings is 1. The summed E-state index contributed by atoms with van der Waals surface area (Å²) in [7, 11) is 0. The van der Waals surface area contributed by atoms with Crippen LogP contribution in [-0.4, -0.2) is 24.0 Å². The molecule has 0 saturated heterocycles. The summed E-state index contributed by atoms with van der Waals surface area (Å²) in [5, 5.41) is 2.84. The van der Waals surface area contributed by atoms with Crippen LogP contribution < -0.4 is 10.1 Å². The molecule has 2 aromatic rings. The van der Waals surface area contributed by atoms with Gasteiger partial charge in [-0.05, 0) is 38.0 Å². The van der Waals surface area contributed by atoms with Crippen molar-refractivity contribution in [1.82, 2.24) is 5.32 Å². The number of fused-ring (bicyclic) bond motifs is 3. The fourth-order valence-electron chi connectivity index (χ4n) is 2.62. The summed E-state index contributed by atoms with van der Waals surface area (Å²) in [6, 6.07) is 9.81. The van der Waals surface area contributed by atoms with Gasteiger partial charge in [0.2, 0.25) is 0 Å². The van der Waals surface area contributed by atoms with Crippen molar-refractivity contribution < 1.29 is 19.1 Å². The number of thiophene rings is 1. The quantitative estimate of drug-likeness (QED) is 0.866. The Morgan fingerprint density at radius 2 is 2.12 bits per heavy atom. The second kappa shape index (κ2) is 5.94. The van der Waals surface area contributed by atoms with Gasteiger partial charge in [0.15, 0.2) is 6.10 Å². The third-order valence-electron chi connectivity index (χ3n) is 4.10. The molecule has 24 heavy (non-hydrogen) atoms. The molecule has 0 bridgehead atoms. The minimum atomic E-state index is -0.791. The van der Waals surface area contributed by atoms with Gasteiger partial charge in [0.25, 0.3) is 5.91 Å². The highest BCUT2D eigenvalue weighted by molar-refractivity contribution is 7.17. The van der Waals surface area contributed by atoms with E-state index in [0.717, 1.165) is 34.6 Å². The molecule has 6 heteroatoms. The molecule has 124 valence electrons. The van der Waals surface area contributed by atoms with Crippen molar-refractivity contribution in [2.75, 3.05) is 0 Å². The predicted octanol–water partition coefficient (Wildman–Crippen LogP) is 3.13. The number of amides is 1. The van der Waals surface area contributed by atoms with Gasteiger partial charge in [0.05, 0.1) is 0 Å². The molecule has 1 saturated carbocycles. The first kappa shape index (κ1) is 15.2. The molecule has 0 spiro atoms. The molecule has 0 radical (unpaired) electrons. The van der Waals surface area contributed by atoms with Crippen LogP contribution in [0.15, 0.2) is 30.3 Å². The van der Waals surface area contributed by atoms with E-state index in [1.54, 1.807) is 13.0 Å². The first-order chi connectivity index (χ1) is 11.6. The molecule has 1 aromatic carbocycles. The van der Waals surface area contributed by atoms with E-state index in [0.29, 0.717) is 11.5 Å². The van der Waals surface area contributed by atoms with E-state index in [1.807, 2.05) is 24.3 Å². The molecule has 5 nitrogen and oxygen atoms in total. The molecule has 1 aromatic heterocycles. The van der Waals surface area contributed by atoms with Gasteiger partial charge in [0.1, 0.15) is 17.2 Å². The van der Waals surface area contributed by atoms with E-state index in [9.17, 15) is 9.59 Å². The fraction of sp³-hybridized carbons (Fsp3) is 0.333. The number of hydrogen-bond donors (Lipinski definition) is 1. The molecule has 0 unspecified atom stereocenters. The van der Waals surface area contributed by atoms with Crippen molar-refractivity contribution in [2.24, 2.45) is 0 Å². The maximum Gasteiger partial charge on any atom is 0.349 e. The van der Waals surface area contributed by atoms with Gasteiger partial charge in [-0.1, -0.05) is 12.1 Å². The Labute approximate surface area is 143 Å². The van der Waals surface area contributed by atoms with Gasteiger partial charge >= 0.3 is 5.97 Å². The van der Waals surface area contributed by atoms with E-state index in [-0.39, 0.29) is 11.9 Å². The number of para-hydroxylation sites is 1. The molecule has 1 aliphatic heterocycles. The highest BCUT2D eigenvalue weighted by Crippen LogP contribution is 2.42. The SMILES string of the molecule is C[C@@H](OC(=O)c1cc2c(s1)-c1ccccc1OC2)C(=O)NC1CC1. The second-order valence-electron chi connectivity index (χ2n) is 6.08. The first-order valence-electron chi connectivity index (χ1n) is 7.98. The third kappa shape index (κ3) is 2.89. The first-order valence-corrected chi connectivity index (χ1v) is 8.80. The Balaban J connectivity index is 1.50. The molecular formula is C18H17NO4S. The average molecular weight is 343 g/mol. The van der Waals surface area contributed by atoms with Gasteiger partial charge in [0, 0.05) is 22.0 Å². The van der Waals surface area contributed by atoms with Crippen LogP contribution in [0.2, 0.25) is 0 Å². The smallest absolute Gasteiger partial charge is 0.349 e. The van der Waals surface area contributed by atoms with Crippen molar-refractivity contribution in [3.63, 3.8) is 0 Å². The van der Waals surface area contributed by atoms with Crippen molar-refractivity contribution >= 4 is 23.2 Å². The molecule has 1 atom stereocenters. The lowest BCUT2D eigenvalue weighted by Gasteiger charge is -2.16. The van der Waals surface area contributed by atoms with E-state index < -0.39 is 12.1 Å². The van der Waals surface area contributed by atoms with E-state index in [1.165, 1.54) is 11.3 Å². The highest BCUT2D eigenvalue weighted by Gasteiger charge is 2.28. The molecule has 2 heterocycles. The standard InChI is InChI=1S/C18H17NO4S/c1-10(17(20)19-12-6-7-12)23-18(21)15-8-11-9-22-14-5-3-2-4-13(14)16(11)24-15/h2-5,8,10,12H,6-7,9H2,1H3,(H,19,20)/t10-/m1/s1. The van der Waals surface area contributed by atoms with E-state index in [2.05, 4.69) is 5.32 Å². The summed E-state index contributed by atoms with van der Waals surface area (Å²) in [5.74, 6) is 0.120. The Morgan fingerprint density at radius 3 is 2.92 bits per heavy atom. The van der Waals surface area contributed by atoms with Crippen molar-refractivity contribution in [3.8, 4) is 16.2 Å². The van der Waals surface area contributed by atoms with E-state index >= 15 is 0 Å². The molecule has 1 N–H and O–H groups in total. The number of ether oxygens (including phenoxy) is 2. The summed E-state index contributed by atoms with van der Waals surface area (Å²) in [5.41, 5.74) is 1.96. The summed E-state index contributed by atoms with van der Waals surface area (Å²) in [6.45, 7) is 2.04. The van der Waals surface area contributed by atoms with Gasteiger partial charge in [-0.15, -0.1) is 11.3 Å². The molecule has 1 fully saturated rings. The maximum atomic E-state index is 12.4. The molecule has 1 amide bonds. The fourth-order valence-corrected chi connectivity index (χ4v) is 3.70. The number of hydrogen-bond acceptors (Lipinski definition) is 5. The Morgan fingerprint density at radius 1 is 1.33 bits per heavy atom. The molecule has 2 aliphatic rings. The third-order valence-corrected chi connectivity index (χ3v) is 5.29. The minimum absolute atomic E-state index is 0.235. The van der Waals surface area contributed by atoms with Crippen LogP contribution in [0.25, 0.3) is 10.4 Å². The topological polar surface area (TPSA) is 64.6 Å². The van der Waals surface area contributed by atoms with Gasteiger partial charge < -0.3 is 14.8 Å². The lowest BCUT2D eigenvalue weighted by Crippen LogP contribution is -2.36. The van der Waals surface area contributed by atoms with Gasteiger partial charge in [-0.25, -0.2) is 4.79 Å². The number of carbonyl (C=O) groups is 2. The van der Waals surface area contributed by atoms with Crippen LogP contribution in [-0.2, 0) is 16.1 Å². The summed E-state index contributed by atoms with van der Waals surface area (Å²) >= 11 is 1.38. The highest BCUT2D eigenvalue weighted by atomic mass is 32.1. The van der Waals surface area contributed by atoms with E-state index in [4.69, 9.17) is 9.47 Å². The Kier molecular flexibility index (Phi) is 3.76. The Bertz CT molecular complexity index is 809. The normalized spacial score (nSPS) is 16.4. The Hall–Kier alpha value is -2.34. The van der Waals surface area contributed by atoms with Crippen LogP contribution in [0.3, 0.4) is 0 Å². The van der Waals surface area contributed by atoms with Crippen molar-refractivity contribution in [3.05, 3.63) is 40.8 Å². The molecule has 4 rings (SSSR count). The zero-order chi connectivity index (χ0) is 16.7. The van der Waals surface area contributed by atoms with Crippen LogP contribution in [0.1, 0.15) is 35.0 Å². The lowest BCUT2D eigenvalue weighted by atomic mass is 10.1. The summed E-state index contributed by atoms with van der Waals surface area (Å²) < 4.78 is 11.0. The van der Waals surface area contributed by atoms with Gasteiger partial charge in [-0.3, -0.25) is 4.79 Å². The minimum Gasteiger partial charge on any atom is -0.488 e. The maximum absolute atomic E-state index is 12.4. The molecular weight excluding hydrogens is 326 g/mol. The van der Waals surface area contributed by atoms with Crippen molar-refractivity contribution in [1.29, 1.82) is 0 Å².